The van der Waals surface area contributed by atoms with E-state index in [-0.39, 0.29) is 6.04 Å². The van der Waals surface area contributed by atoms with Crippen LogP contribution >= 0.6 is 0 Å². The van der Waals surface area contributed by atoms with Crippen LogP contribution in [-0.4, -0.2) is 7.05 Å². The van der Waals surface area contributed by atoms with E-state index in [0.29, 0.717) is 0 Å². The zero-order chi connectivity index (χ0) is 12.4. The van der Waals surface area contributed by atoms with E-state index in [4.69, 9.17) is 8.83 Å². The van der Waals surface area contributed by atoms with Crippen LogP contribution in [0.2, 0.25) is 0 Å². The molecule has 0 aliphatic rings. The van der Waals surface area contributed by atoms with Crippen molar-refractivity contribution < 1.29 is 8.83 Å². The van der Waals surface area contributed by atoms with E-state index in [1.54, 1.807) is 6.26 Å². The predicted octanol–water partition coefficient (Wildman–Crippen LogP) is 3.36. The number of hydrogen-bond donors (Lipinski definition) is 1. The molecule has 3 heteroatoms. The van der Waals surface area contributed by atoms with Gasteiger partial charge in [0.1, 0.15) is 17.3 Å². The van der Waals surface area contributed by atoms with Crippen molar-refractivity contribution in [2.45, 2.75) is 33.2 Å². The van der Waals surface area contributed by atoms with Crippen LogP contribution in [0.25, 0.3) is 0 Å². The highest BCUT2D eigenvalue weighted by Crippen LogP contribution is 2.30. The van der Waals surface area contributed by atoms with Crippen molar-refractivity contribution in [1.82, 2.24) is 5.32 Å². The van der Waals surface area contributed by atoms with E-state index in [2.05, 4.69) is 18.3 Å². The molecule has 3 nitrogen and oxygen atoms in total. The zero-order valence-corrected chi connectivity index (χ0v) is 10.8. The molecule has 2 rings (SSSR count). The molecule has 0 amide bonds. The SMILES string of the molecule is CCc1occc1C(NC)c1cc(C)oc1C. The van der Waals surface area contributed by atoms with Gasteiger partial charge in [-0.3, -0.25) is 0 Å². The lowest BCUT2D eigenvalue weighted by Crippen LogP contribution is -2.18. The maximum Gasteiger partial charge on any atom is 0.108 e. The maximum absolute atomic E-state index is 5.60. The summed E-state index contributed by atoms with van der Waals surface area (Å²) in [5, 5.41) is 3.33. The Bertz CT molecular complexity index is 496. The monoisotopic (exact) mass is 233 g/mol. The third-order valence-corrected chi connectivity index (χ3v) is 3.09. The molecule has 0 aromatic carbocycles. The van der Waals surface area contributed by atoms with Crippen molar-refractivity contribution >= 4 is 0 Å². The molecule has 2 heterocycles. The minimum Gasteiger partial charge on any atom is -0.469 e. The molecule has 0 aliphatic carbocycles. The normalized spacial score (nSPS) is 12.9. The van der Waals surface area contributed by atoms with E-state index in [1.807, 2.05) is 27.0 Å². The average molecular weight is 233 g/mol. The van der Waals surface area contributed by atoms with Crippen molar-refractivity contribution in [2.24, 2.45) is 0 Å². The Hall–Kier alpha value is -1.48. The van der Waals surface area contributed by atoms with Crippen molar-refractivity contribution in [3.8, 4) is 0 Å². The van der Waals surface area contributed by atoms with Gasteiger partial charge in [-0.1, -0.05) is 6.92 Å². The minimum absolute atomic E-state index is 0.140. The second kappa shape index (κ2) is 4.80. The number of aryl methyl sites for hydroxylation is 3. The Morgan fingerprint density at radius 1 is 1.29 bits per heavy atom. The Labute approximate surface area is 102 Å². The highest BCUT2D eigenvalue weighted by Gasteiger charge is 2.21. The van der Waals surface area contributed by atoms with Gasteiger partial charge in [0.15, 0.2) is 0 Å². The summed E-state index contributed by atoms with van der Waals surface area (Å²) in [5.74, 6) is 2.94. The van der Waals surface area contributed by atoms with Crippen molar-refractivity contribution in [2.75, 3.05) is 7.05 Å². The van der Waals surface area contributed by atoms with Crippen LogP contribution in [0.3, 0.4) is 0 Å². The summed E-state index contributed by atoms with van der Waals surface area (Å²) in [6.07, 6.45) is 2.65. The molecule has 0 aliphatic heterocycles. The fourth-order valence-corrected chi connectivity index (χ4v) is 2.31. The maximum atomic E-state index is 5.60. The second-order valence-electron chi connectivity index (χ2n) is 4.24. The number of rotatable bonds is 4. The van der Waals surface area contributed by atoms with E-state index in [1.165, 1.54) is 11.1 Å². The largest absolute Gasteiger partial charge is 0.469 e. The first-order valence-corrected chi connectivity index (χ1v) is 5.97. The summed E-state index contributed by atoms with van der Waals surface area (Å²) in [5.41, 5.74) is 2.38. The molecule has 1 atom stereocenters. The molecular formula is C14H19NO2. The van der Waals surface area contributed by atoms with Gasteiger partial charge in [-0.25, -0.2) is 0 Å². The van der Waals surface area contributed by atoms with Gasteiger partial charge >= 0.3 is 0 Å². The van der Waals surface area contributed by atoms with Gasteiger partial charge in [-0.05, 0) is 33.0 Å². The van der Waals surface area contributed by atoms with Crippen molar-refractivity contribution in [1.29, 1.82) is 0 Å². The van der Waals surface area contributed by atoms with Gasteiger partial charge in [0.2, 0.25) is 0 Å². The second-order valence-corrected chi connectivity index (χ2v) is 4.24. The van der Waals surface area contributed by atoms with E-state index < -0.39 is 0 Å². The van der Waals surface area contributed by atoms with Crippen LogP contribution in [0, 0.1) is 13.8 Å². The molecule has 2 aromatic heterocycles. The topological polar surface area (TPSA) is 38.3 Å². The highest BCUT2D eigenvalue weighted by molar-refractivity contribution is 5.35. The summed E-state index contributed by atoms with van der Waals surface area (Å²) in [7, 11) is 1.96. The Kier molecular flexibility index (Phi) is 3.38. The predicted molar refractivity (Wildman–Crippen MR) is 67.2 cm³/mol. The molecule has 0 fully saturated rings. The number of furan rings is 2. The van der Waals surface area contributed by atoms with E-state index in [0.717, 1.165) is 23.7 Å². The molecule has 1 N–H and O–H groups in total. The third-order valence-electron chi connectivity index (χ3n) is 3.09. The lowest BCUT2D eigenvalue weighted by Gasteiger charge is -2.15. The first-order valence-electron chi connectivity index (χ1n) is 5.97. The smallest absolute Gasteiger partial charge is 0.108 e. The first kappa shape index (κ1) is 12.0. The molecule has 2 aromatic rings. The summed E-state index contributed by atoms with van der Waals surface area (Å²) in [4.78, 5) is 0. The molecule has 0 saturated carbocycles. The van der Waals surface area contributed by atoms with E-state index >= 15 is 0 Å². The molecule has 92 valence electrons. The van der Waals surface area contributed by atoms with Gasteiger partial charge in [0.05, 0.1) is 12.3 Å². The Balaban J connectivity index is 2.43. The van der Waals surface area contributed by atoms with Crippen molar-refractivity contribution in [3.63, 3.8) is 0 Å². The fraction of sp³-hybridized carbons (Fsp3) is 0.429. The molecular weight excluding hydrogens is 214 g/mol. The average Bonchev–Trinajstić information content (AvgIpc) is 2.88. The standard InChI is InChI=1S/C14H19NO2/c1-5-13-11(6-7-16-13)14(15-4)12-8-9(2)17-10(12)3/h6-8,14-15H,5H2,1-4H3. The summed E-state index contributed by atoms with van der Waals surface area (Å²) < 4.78 is 11.1. The lowest BCUT2D eigenvalue weighted by atomic mass is 9.99. The number of nitrogens with one attached hydrogen (secondary N) is 1. The molecule has 0 radical (unpaired) electrons. The van der Waals surface area contributed by atoms with Gasteiger partial charge in [0.25, 0.3) is 0 Å². The molecule has 0 spiro atoms. The van der Waals surface area contributed by atoms with Crippen LogP contribution < -0.4 is 5.32 Å². The first-order chi connectivity index (χ1) is 8.17. The zero-order valence-electron chi connectivity index (χ0n) is 10.8. The molecule has 1 unspecified atom stereocenters. The van der Waals surface area contributed by atoms with Gasteiger partial charge in [-0.2, -0.15) is 0 Å². The summed E-state index contributed by atoms with van der Waals surface area (Å²) in [6.45, 7) is 6.07. The van der Waals surface area contributed by atoms with Crippen LogP contribution in [0.15, 0.2) is 27.2 Å². The highest BCUT2D eigenvalue weighted by atomic mass is 16.3. The Morgan fingerprint density at radius 3 is 2.59 bits per heavy atom. The lowest BCUT2D eigenvalue weighted by molar-refractivity contribution is 0.491. The quantitative estimate of drug-likeness (QED) is 0.880. The molecule has 0 saturated heterocycles. The molecule has 17 heavy (non-hydrogen) atoms. The Morgan fingerprint density at radius 2 is 2.06 bits per heavy atom. The minimum atomic E-state index is 0.140. The number of hydrogen-bond acceptors (Lipinski definition) is 3. The summed E-state index contributed by atoms with van der Waals surface area (Å²) >= 11 is 0. The third kappa shape index (κ3) is 2.15. The van der Waals surface area contributed by atoms with Gasteiger partial charge < -0.3 is 14.2 Å². The summed E-state index contributed by atoms with van der Waals surface area (Å²) in [6, 6.07) is 4.26. The van der Waals surface area contributed by atoms with E-state index in [9.17, 15) is 0 Å². The van der Waals surface area contributed by atoms with Gasteiger partial charge in [-0.15, -0.1) is 0 Å². The van der Waals surface area contributed by atoms with Crippen LogP contribution in [0.1, 0.15) is 41.4 Å². The molecule has 0 bridgehead atoms. The fourth-order valence-electron chi connectivity index (χ4n) is 2.31. The van der Waals surface area contributed by atoms with Crippen LogP contribution in [0.4, 0.5) is 0 Å². The van der Waals surface area contributed by atoms with Crippen LogP contribution in [0.5, 0.6) is 0 Å². The van der Waals surface area contributed by atoms with Crippen molar-refractivity contribution in [3.05, 3.63) is 46.8 Å². The van der Waals surface area contributed by atoms with Crippen LogP contribution in [-0.2, 0) is 6.42 Å². The van der Waals surface area contributed by atoms with Gasteiger partial charge in [0, 0.05) is 17.5 Å².